The molecule has 1 aromatic heterocycles. The number of rotatable bonds is 3. The summed E-state index contributed by atoms with van der Waals surface area (Å²) in [6, 6.07) is 12.1. The lowest BCUT2D eigenvalue weighted by atomic mass is 9.98. The van der Waals surface area contributed by atoms with E-state index in [0.29, 0.717) is 17.3 Å². The Labute approximate surface area is 120 Å². The van der Waals surface area contributed by atoms with E-state index in [9.17, 15) is 5.26 Å². The fraction of sp³-hybridized carbons (Fsp3) is 0.294. The smallest absolute Gasteiger partial charge is 0.148 e. The van der Waals surface area contributed by atoms with Crippen molar-refractivity contribution in [3.8, 4) is 6.07 Å². The Balaban J connectivity index is 2.50. The molecule has 20 heavy (non-hydrogen) atoms. The van der Waals surface area contributed by atoms with Crippen LogP contribution in [0.1, 0.15) is 42.1 Å². The van der Waals surface area contributed by atoms with Gasteiger partial charge in [0.25, 0.3) is 0 Å². The van der Waals surface area contributed by atoms with E-state index in [2.05, 4.69) is 55.3 Å². The highest BCUT2D eigenvalue weighted by molar-refractivity contribution is 5.69. The minimum atomic E-state index is 0.410. The van der Waals surface area contributed by atoms with Crippen LogP contribution in [-0.2, 0) is 0 Å². The molecule has 0 atom stereocenters. The Hall–Kier alpha value is -2.34. The van der Waals surface area contributed by atoms with Crippen molar-refractivity contribution in [2.24, 2.45) is 0 Å². The Kier molecular flexibility index (Phi) is 4.05. The quantitative estimate of drug-likeness (QED) is 0.892. The molecule has 0 unspecified atom stereocenters. The van der Waals surface area contributed by atoms with Crippen molar-refractivity contribution in [3.63, 3.8) is 0 Å². The number of benzene rings is 1. The summed E-state index contributed by atoms with van der Waals surface area (Å²) in [6.45, 7) is 8.31. The van der Waals surface area contributed by atoms with Gasteiger partial charge in [-0.05, 0) is 43.0 Å². The van der Waals surface area contributed by atoms with Gasteiger partial charge in [-0.3, -0.25) is 0 Å². The van der Waals surface area contributed by atoms with E-state index in [-0.39, 0.29) is 0 Å². The maximum absolute atomic E-state index is 9.21. The maximum Gasteiger partial charge on any atom is 0.148 e. The number of hydrogen-bond donors (Lipinski definition) is 1. The molecule has 0 saturated carbocycles. The summed E-state index contributed by atoms with van der Waals surface area (Å²) in [5, 5.41) is 12.6. The molecule has 0 saturated heterocycles. The molecular formula is C17H19N3. The molecule has 0 aliphatic heterocycles. The van der Waals surface area contributed by atoms with Gasteiger partial charge in [-0.1, -0.05) is 32.0 Å². The van der Waals surface area contributed by atoms with E-state index in [0.717, 1.165) is 16.9 Å². The molecule has 0 fully saturated rings. The zero-order valence-corrected chi connectivity index (χ0v) is 12.4. The number of nitriles is 1. The van der Waals surface area contributed by atoms with Gasteiger partial charge in [0.2, 0.25) is 0 Å². The van der Waals surface area contributed by atoms with Gasteiger partial charge >= 0.3 is 0 Å². The van der Waals surface area contributed by atoms with Gasteiger partial charge in [-0.15, -0.1) is 0 Å². The summed E-state index contributed by atoms with van der Waals surface area (Å²) in [7, 11) is 0. The third-order valence-corrected chi connectivity index (χ3v) is 3.33. The lowest BCUT2D eigenvalue weighted by molar-refractivity contribution is 0.867. The van der Waals surface area contributed by atoms with E-state index < -0.39 is 0 Å². The molecule has 3 nitrogen and oxygen atoms in total. The zero-order valence-electron chi connectivity index (χ0n) is 12.4. The van der Waals surface area contributed by atoms with E-state index in [1.165, 1.54) is 5.56 Å². The van der Waals surface area contributed by atoms with Crippen LogP contribution in [0.5, 0.6) is 0 Å². The number of para-hydroxylation sites is 1. The van der Waals surface area contributed by atoms with Crippen LogP contribution in [0.3, 0.4) is 0 Å². The second-order valence-electron chi connectivity index (χ2n) is 5.28. The van der Waals surface area contributed by atoms with Crippen LogP contribution in [-0.4, -0.2) is 4.98 Å². The largest absolute Gasteiger partial charge is 0.339 e. The lowest BCUT2D eigenvalue weighted by Gasteiger charge is -2.17. The number of pyridine rings is 1. The number of anilines is 2. The van der Waals surface area contributed by atoms with Crippen molar-refractivity contribution < 1.29 is 0 Å². The Bertz CT molecular complexity index is 666. The number of nitrogens with zero attached hydrogens (tertiary/aromatic N) is 2. The van der Waals surface area contributed by atoms with Gasteiger partial charge in [0.15, 0.2) is 0 Å². The van der Waals surface area contributed by atoms with Crippen molar-refractivity contribution in [2.75, 3.05) is 5.32 Å². The molecule has 0 spiro atoms. The van der Waals surface area contributed by atoms with Crippen LogP contribution in [0.2, 0.25) is 0 Å². The molecule has 0 aliphatic carbocycles. The summed E-state index contributed by atoms with van der Waals surface area (Å²) in [6.07, 6.45) is 0. The molecule has 2 rings (SSSR count). The number of aromatic nitrogens is 1. The minimum Gasteiger partial charge on any atom is -0.339 e. The molecule has 0 aliphatic rings. The predicted octanol–water partition coefficient (Wildman–Crippen LogP) is 4.44. The maximum atomic E-state index is 9.21. The van der Waals surface area contributed by atoms with Gasteiger partial charge in [-0.2, -0.15) is 5.26 Å². The van der Waals surface area contributed by atoms with Gasteiger partial charge in [0.1, 0.15) is 11.9 Å². The monoisotopic (exact) mass is 265 g/mol. The topological polar surface area (TPSA) is 48.7 Å². The van der Waals surface area contributed by atoms with Crippen molar-refractivity contribution in [3.05, 3.63) is 52.7 Å². The summed E-state index contributed by atoms with van der Waals surface area (Å²) in [4.78, 5) is 4.45. The SMILES string of the molecule is Cc1ccc(C#N)c(Nc2c(C)cccc2C(C)C)n1. The van der Waals surface area contributed by atoms with Gasteiger partial charge < -0.3 is 5.32 Å². The fourth-order valence-corrected chi connectivity index (χ4v) is 2.20. The van der Waals surface area contributed by atoms with E-state index in [4.69, 9.17) is 0 Å². The first kappa shape index (κ1) is 14.1. The van der Waals surface area contributed by atoms with Crippen molar-refractivity contribution in [1.29, 1.82) is 5.26 Å². The zero-order chi connectivity index (χ0) is 14.7. The van der Waals surface area contributed by atoms with Gasteiger partial charge in [0.05, 0.1) is 5.56 Å². The minimum absolute atomic E-state index is 0.410. The average Bonchev–Trinajstić information content (AvgIpc) is 2.41. The van der Waals surface area contributed by atoms with Crippen LogP contribution in [0, 0.1) is 25.2 Å². The van der Waals surface area contributed by atoms with Crippen molar-refractivity contribution in [2.45, 2.75) is 33.6 Å². The van der Waals surface area contributed by atoms with E-state index >= 15 is 0 Å². The Morgan fingerprint density at radius 1 is 1.15 bits per heavy atom. The molecule has 1 N–H and O–H groups in total. The van der Waals surface area contributed by atoms with Crippen molar-refractivity contribution >= 4 is 11.5 Å². The molecule has 0 radical (unpaired) electrons. The van der Waals surface area contributed by atoms with Crippen LogP contribution < -0.4 is 5.32 Å². The first-order valence-electron chi connectivity index (χ1n) is 6.77. The van der Waals surface area contributed by atoms with E-state index in [1.54, 1.807) is 6.07 Å². The van der Waals surface area contributed by atoms with Gasteiger partial charge in [-0.25, -0.2) is 4.98 Å². The fourth-order valence-electron chi connectivity index (χ4n) is 2.20. The van der Waals surface area contributed by atoms with Crippen LogP contribution in [0.4, 0.5) is 11.5 Å². The van der Waals surface area contributed by atoms with Gasteiger partial charge in [0, 0.05) is 11.4 Å². The highest BCUT2D eigenvalue weighted by Crippen LogP contribution is 2.30. The summed E-state index contributed by atoms with van der Waals surface area (Å²) in [5.74, 6) is 1.04. The second kappa shape index (κ2) is 5.75. The molecule has 3 heteroatoms. The van der Waals surface area contributed by atoms with Crippen LogP contribution >= 0.6 is 0 Å². The van der Waals surface area contributed by atoms with Crippen LogP contribution in [0.25, 0.3) is 0 Å². The molecule has 1 aromatic carbocycles. The molecule has 0 bridgehead atoms. The molecule has 1 heterocycles. The molecule has 102 valence electrons. The first-order valence-corrected chi connectivity index (χ1v) is 6.77. The number of aryl methyl sites for hydroxylation is 2. The Morgan fingerprint density at radius 2 is 1.90 bits per heavy atom. The molecular weight excluding hydrogens is 246 g/mol. The first-order chi connectivity index (χ1) is 9.52. The highest BCUT2D eigenvalue weighted by Gasteiger charge is 2.12. The number of hydrogen-bond acceptors (Lipinski definition) is 3. The standard InChI is InChI=1S/C17H19N3/c1-11(2)15-7-5-6-12(3)16(15)20-17-14(10-18)9-8-13(4)19-17/h5-9,11H,1-4H3,(H,19,20). The number of nitrogens with one attached hydrogen (secondary N) is 1. The van der Waals surface area contributed by atoms with Crippen molar-refractivity contribution in [1.82, 2.24) is 4.98 Å². The third kappa shape index (κ3) is 2.80. The predicted molar refractivity (Wildman–Crippen MR) is 82.2 cm³/mol. The summed E-state index contributed by atoms with van der Waals surface area (Å²) >= 11 is 0. The summed E-state index contributed by atoms with van der Waals surface area (Å²) < 4.78 is 0. The highest BCUT2D eigenvalue weighted by atomic mass is 15.0. The lowest BCUT2D eigenvalue weighted by Crippen LogP contribution is -2.04. The third-order valence-electron chi connectivity index (χ3n) is 3.33. The van der Waals surface area contributed by atoms with E-state index in [1.807, 2.05) is 13.0 Å². The summed E-state index contributed by atoms with van der Waals surface area (Å²) in [5.41, 5.74) is 4.90. The van der Waals surface area contributed by atoms with Crippen LogP contribution in [0.15, 0.2) is 30.3 Å². The Morgan fingerprint density at radius 3 is 2.55 bits per heavy atom. The second-order valence-corrected chi connectivity index (χ2v) is 5.28. The molecule has 2 aromatic rings. The normalized spacial score (nSPS) is 10.4. The average molecular weight is 265 g/mol. The molecule has 0 amide bonds.